The fourth-order valence-corrected chi connectivity index (χ4v) is 2.60. The van der Waals surface area contributed by atoms with E-state index < -0.39 is 0 Å². The van der Waals surface area contributed by atoms with Gasteiger partial charge in [0.2, 0.25) is 5.88 Å². The first-order chi connectivity index (χ1) is 8.88. The van der Waals surface area contributed by atoms with Crippen LogP contribution in [0.25, 0.3) is 5.69 Å². The van der Waals surface area contributed by atoms with E-state index in [0.717, 1.165) is 5.69 Å². The summed E-state index contributed by atoms with van der Waals surface area (Å²) in [5.74, 6) is 0.674. The van der Waals surface area contributed by atoms with Gasteiger partial charge in [0, 0.05) is 10.5 Å². The molecule has 0 amide bonds. The Labute approximate surface area is 122 Å². The van der Waals surface area contributed by atoms with Gasteiger partial charge >= 0.3 is 0 Å². The van der Waals surface area contributed by atoms with Gasteiger partial charge in [-0.1, -0.05) is 50.6 Å². The van der Waals surface area contributed by atoms with E-state index >= 15 is 0 Å². The number of aromatic hydroxyl groups is 1. The molecule has 1 N–H and O–H groups in total. The zero-order chi connectivity index (χ0) is 14.0. The van der Waals surface area contributed by atoms with E-state index in [-0.39, 0.29) is 10.6 Å². The third-order valence-corrected chi connectivity index (χ3v) is 4.18. The van der Waals surface area contributed by atoms with Gasteiger partial charge in [0.05, 0.1) is 11.4 Å². The fraction of sp³-hybridized carbons (Fsp3) is 0.357. The third kappa shape index (κ3) is 3.45. The molecule has 0 radical (unpaired) electrons. The highest BCUT2D eigenvalue weighted by Crippen LogP contribution is 2.34. The molecule has 0 fully saturated rings. The maximum Gasteiger partial charge on any atom is 0.233 e. The Kier molecular flexibility index (Phi) is 4.11. The molecule has 1 heterocycles. The molecule has 0 saturated carbocycles. The van der Waals surface area contributed by atoms with Gasteiger partial charge in [-0.25, -0.2) is 0 Å². The largest absolute Gasteiger partial charge is 0.492 e. The smallest absolute Gasteiger partial charge is 0.233 e. The van der Waals surface area contributed by atoms with Crippen LogP contribution >= 0.6 is 23.4 Å². The fourth-order valence-electron chi connectivity index (χ4n) is 1.56. The predicted octanol–water partition coefficient (Wildman–Crippen LogP) is 4.26. The summed E-state index contributed by atoms with van der Waals surface area (Å²) < 4.78 is 1.61. The van der Waals surface area contributed by atoms with Crippen LogP contribution in [0, 0.1) is 0 Å². The second-order valence-corrected chi connectivity index (χ2v) is 7.41. The summed E-state index contributed by atoms with van der Waals surface area (Å²) in [6.45, 7) is 6.42. The van der Waals surface area contributed by atoms with E-state index in [9.17, 15) is 5.11 Å². The molecule has 0 aliphatic rings. The number of aromatic nitrogens is 2. The summed E-state index contributed by atoms with van der Waals surface area (Å²) in [6, 6.07) is 9.47. The number of benzene rings is 1. The van der Waals surface area contributed by atoms with Crippen molar-refractivity contribution in [2.24, 2.45) is 0 Å². The zero-order valence-electron chi connectivity index (χ0n) is 11.2. The van der Waals surface area contributed by atoms with Gasteiger partial charge in [0.25, 0.3) is 0 Å². The highest BCUT2D eigenvalue weighted by atomic mass is 35.5. The second-order valence-electron chi connectivity index (χ2n) is 5.23. The summed E-state index contributed by atoms with van der Waals surface area (Å²) in [6.07, 6.45) is 0. The normalized spacial score (nSPS) is 11.8. The molecule has 0 aliphatic carbocycles. The molecular formula is C14H17ClN2OS. The van der Waals surface area contributed by atoms with Gasteiger partial charge in [0.1, 0.15) is 5.02 Å². The summed E-state index contributed by atoms with van der Waals surface area (Å²) in [5.41, 5.74) is 1.51. The molecule has 0 atom stereocenters. The van der Waals surface area contributed by atoms with E-state index in [1.165, 1.54) is 4.68 Å². The average Bonchev–Trinajstić information content (AvgIpc) is 2.64. The molecule has 1 aromatic carbocycles. The number of para-hydroxylation sites is 1. The van der Waals surface area contributed by atoms with Crippen molar-refractivity contribution < 1.29 is 5.11 Å². The lowest BCUT2D eigenvalue weighted by Gasteiger charge is -2.16. The Bertz CT molecular complexity index is 561. The quantitative estimate of drug-likeness (QED) is 0.919. The molecule has 0 unspecified atom stereocenters. The van der Waals surface area contributed by atoms with Crippen LogP contribution in [0.15, 0.2) is 30.3 Å². The molecule has 0 bridgehead atoms. The molecule has 0 spiro atoms. The van der Waals surface area contributed by atoms with Crippen molar-refractivity contribution in [3.05, 3.63) is 41.0 Å². The van der Waals surface area contributed by atoms with Crippen molar-refractivity contribution in [1.82, 2.24) is 9.78 Å². The number of rotatable bonds is 3. The molecule has 2 rings (SSSR count). The minimum atomic E-state index is -0.00243. The number of hydrogen-bond donors (Lipinski definition) is 1. The summed E-state index contributed by atoms with van der Waals surface area (Å²) >= 11 is 7.89. The molecule has 0 saturated heterocycles. The minimum absolute atomic E-state index is 0.00243. The molecular weight excluding hydrogens is 280 g/mol. The van der Waals surface area contributed by atoms with Crippen molar-refractivity contribution in [2.45, 2.75) is 31.3 Å². The Morgan fingerprint density at radius 3 is 2.47 bits per heavy atom. The molecule has 19 heavy (non-hydrogen) atoms. The molecule has 0 aliphatic heterocycles. The first-order valence-corrected chi connectivity index (χ1v) is 7.40. The first kappa shape index (κ1) is 14.3. The Balaban J connectivity index is 2.29. The highest BCUT2D eigenvalue weighted by molar-refractivity contribution is 7.99. The molecule has 1 aromatic heterocycles. The van der Waals surface area contributed by atoms with E-state index in [2.05, 4.69) is 25.9 Å². The first-order valence-electron chi connectivity index (χ1n) is 6.04. The van der Waals surface area contributed by atoms with Gasteiger partial charge in [-0.15, -0.1) is 11.8 Å². The van der Waals surface area contributed by atoms with Crippen LogP contribution in [0.3, 0.4) is 0 Å². The van der Waals surface area contributed by atoms with Crippen LogP contribution in [-0.4, -0.2) is 19.6 Å². The van der Waals surface area contributed by atoms with E-state index in [4.69, 9.17) is 11.6 Å². The standard InChI is InChI=1S/C14H17ClN2OS/c1-14(2,3)19-9-11-12(15)13(18)17(16-11)10-7-5-4-6-8-10/h4-8,18H,9H2,1-3H3. The SMILES string of the molecule is CC(C)(C)SCc1nn(-c2ccccc2)c(O)c1Cl. The Hall–Kier alpha value is -1.13. The van der Waals surface area contributed by atoms with Crippen molar-refractivity contribution in [2.75, 3.05) is 0 Å². The van der Waals surface area contributed by atoms with E-state index in [1.807, 2.05) is 30.3 Å². The highest BCUT2D eigenvalue weighted by Gasteiger charge is 2.19. The van der Waals surface area contributed by atoms with Crippen molar-refractivity contribution in [3.8, 4) is 11.6 Å². The summed E-state index contributed by atoms with van der Waals surface area (Å²) in [5, 5.41) is 14.8. The molecule has 5 heteroatoms. The van der Waals surface area contributed by atoms with Crippen molar-refractivity contribution in [3.63, 3.8) is 0 Å². The van der Waals surface area contributed by atoms with E-state index in [1.54, 1.807) is 11.8 Å². The van der Waals surface area contributed by atoms with Crippen LogP contribution < -0.4 is 0 Å². The summed E-state index contributed by atoms with van der Waals surface area (Å²) in [4.78, 5) is 0. The Morgan fingerprint density at radius 2 is 1.89 bits per heavy atom. The Morgan fingerprint density at radius 1 is 1.26 bits per heavy atom. The van der Waals surface area contributed by atoms with Gasteiger partial charge in [-0.05, 0) is 12.1 Å². The lowest BCUT2D eigenvalue weighted by Crippen LogP contribution is -2.07. The van der Waals surface area contributed by atoms with Crippen LogP contribution in [0.2, 0.25) is 5.02 Å². The van der Waals surface area contributed by atoms with Crippen LogP contribution in [-0.2, 0) is 5.75 Å². The predicted molar refractivity (Wildman–Crippen MR) is 81.3 cm³/mol. The lowest BCUT2D eigenvalue weighted by atomic mass is 10.3. The minimum Gasteiger partial charge on any atom is -0.492 e. The second kappa shape index (κ2) is 5.47. The van der Waals surface area contributed by atoms with Crippen molar-refractivity contribution in [1.29, 1.82) is 0 Å². The maximum atomic E-state index is 10.1. The third-order valence-electron chi connectivity index (χ3n) is 2.51. The monoisotopic (exact) mass is 296 g/mol. The number of halogens is 1. The number of thioether (sulfide) groups is 1. The zero-order valence-corrected chi connectivity index (χ0v) is 12.8. The number of nitrogens with zero attached hydrogens (tertiary/aromatic N) is 2. The maximum absolute atomic E-state index is 10.1. The molecule has 3 nitrogen and oxygen atoms in total. The van der Waals surface area contributed by atoms with Gasteiger partial charge < -0.3 is 5.11 Å². The average molecular weight is 297 g/mol. The lowest BCUT2D eigenvalue weighted by molar-refractivity contribution is 0.434. The van der Waals surface area contributed by atoms with Gasteiger partial charge in [-0.3, -0.25) is 0 Å². The molecule has 2 aromatic rings. The van der Waals surface area contributed by atoms with E-state index in [0.29, 0.717) is 16.5 Å². The van der Waals surface area contributed by atoms with Gasteiger partial charge in [-0.2, -0.15) is 9.78 Å². The van der Waals surface area contributed by atoms with Gasteiger partial charge in [0.15, 0.2) is 0 Å². The van der Waals surface area contributed by atoms with Crippen LogP contribution in [0.5, 0.6) is 5.88 Å². The van der Waals surface area contributed by atoms with Crippen LogP contribution in [0.1, 0.15) is 26.5 Å². The molecule has 102 valence electrons. The summed E-state index contributed by atoms with van der Waals surface area (Å²) in [7, 11) is 0. The van der Waals surface area contributed by atoms with Crippen LogP contribution in [0.4, 0.5) is 0 Å². The number of hydrogen-bond acceptors (Lipinski definition) is 3. The van der Waals surface area contributed by atoms with Crippen molar-refractivity contribution >= 4 is 23.4 Å². The topological polar surface area (TPSA) is 38.0 Å².